The van der Waals surface area contributed by atoms with Crippen LogP contribution in [0.3, 0.4) is 0 Å². The average Bonchev–Trinajstić information content (AvgIpc) is 1.61. The molecule has 0 aromatic rings. The third-order valence-corrected chi connectivity index (χ3v) is 3.95. The summed E-state index contributed by atoms with van der Waals surface area (Å²) in [5.41, 5.74) is 0. The van der Waals surface area contributed by atoms with Crippen LogP contribution >= 0.6 is 0 Å². The van der Waals surface area contributed by atoms with E-state index >= 15 is 0 Å². The fourth-order valence-corrected chi connectivity index (χ4v) is 2.72. The molecule has 0 rings (SSSR count). The molecule has 0 aliphatic rings. The Kier molecular flexibility index (Phi) is 4.81. The van der Waals surface area contributed by atoms with Gasteiger partial charge in [-0.1, -0.05) is 19.8 Å². The van der Waals surface area contributed by atoms with Gasteiger partial charge in [0, 0.05) is 9.76 Å². The van der Waals surface area contributed by atoms with Crippen molar-refractivity contribution in [3.8, 4) is 0 Å². The van der Waals surface area contributed by atoms with E-state index in [4.69, 9.17) is 4.80 Å². The minimum atomic E-state index is -1.05. The number of unbranched alkanes of at least 4 members (excludes halogenated alkanes) is 1. The first kappa shape index (κ1) is 7.39. The van der Waals surface area contributed by atoms with E-state index in [0.717, 1.165) is 15.8 Å². The Morgan fingerprint density at radius 2 is 2.29 bits per heavy atom. The summed E-state index contributed by atoms with van der Waals surface area (Å²) in [5, 5.41) is 0. The normalized spacial score (nSPS) is 14.6. The van der Waals surface area contributed by atoms with E-state index in [-0.39, 0.29) is 0 Å². The molecule has 1 nitrogen and oxygen atoms in total. The van der Waals surface area contributed by atoms with E-state index in [0.29, 0.717) is 0 Å². The van der Waals surface area contributed by atoms with Crippen molar-refractivity contribution in [2.45, 2.75) is 25.8 Å². The lowest BCUT2D eigenvalue weighted by Gasteiger charge is -1.95. The van der Waals surface area contributed by atoms with Gasteiger partial charge >= 0.3 is 0 Å². The molecule has 0 radical (unpaired) electrons. The zero-order valence-corrected chi connectivity index (χ0v) is 8.30. The first-order valence-corrected chi connectivity index (χ1v) is 8.90. The summed E-state index contributed by atoms with van der Waals surface area (Å²) in [4.78, 5) is 8.88. The largest absolute Gasteiger partial charge is 0.439 e. The molecule has 0 saturated heterocycles. The summed E-state index contributed by atoms with van der Waals surface area (Å²) < 4.78 is 0. The first-order chi connectivity index (χ1) is 3.27. The smallest absolute Gasteiger partial charge is 0.149 e. The van der Waals surface area contributed by atoms with Gasteiger partial charge in [0.15, 0.2) is 0 Å². The van der Waals surface area contributed by atoms with Gasteiger partial charge in [0.2, 0.25) is 0 Å². The molecule has 0 aliphatic carbocycles. The summed E-state index contributed by atoms with van der Waals surface area (Å²) in [6.45, 7) is 2.17. The summed E-state index contributed by atoms with van der Waals surface area (Å²) in [7, 11) is 0.0284. The van der Waals surface area contributed by atoms with Gasteiger partial charge in [0.1, 0.15) is 8.56 Å². The Morgan fingerprint density at radius 3 is 2.43 bits per heavy atom. The van der Waals surface area contributed by atoms with Crippen LogP contribution in [0, 0.1) is 0 Å². The lowest BCUT2D eigenvalue weighted by molar-refractivity contribution is 0.586. The Bertz CT molecular complexity index is 38.7. The van der Waals surface area contributed by atoms with Crippen molar-refractivity contribution in [1.82, 2.24) is 0 Å². The molecule has 0 saturated carbocycles. The molecule has 1 atom stereocenters. The molecular formula is C4H14OSi2. The van der Waals surface area contributed by atoms with Crippen LogP contribution in [0.5, 0.6) is 0 Å². The summed E-state index contributed by atoms with van der Waals surface area (Å²) in [6, 6.07) is 1.16. The Morgan fingerprint density at radius 1 is 1.71 bits per heavy atom. The maximum Gasteiger partial charge on any atom is 0.149 e. The highest BCUT2D eigenvalue weighted by molar-refractivity contribution is 6.98. The number of rotatable bonds is 3. The third-order valence-electron chi connectivity index (χ3n) is 0.975. The van der Waals surface area contributed by atoms with Gasteiger partial charge in [-0.25, -0.2) is 0 Å². The molecule has 1 unspecified atom stereocenters. The SMILES string of the molecule is CCCC[SiH](O)[SiH3]. The Hall–Kier alpha value is 0.394. The lowest BCUT2D eigenvalue weighted by Crippen LogP contribution is -2.10. The molecule has 7 heavy (non-hydrogen) atoms. The van der Waals surface area contributed by atoms with Gasteiger partial charge in [-0.05, 0) is 6.04 Å². The predicted octanol–water partition coefficient (Wildman–Crippen LogP) is -0.635. The molecule has 0 amide bonds. The number of hydrogen-bond donors (Lipinski definition) is 1. The highest BCUT2D eigenvalue weighted by Gasteiger charge is 1.93. The minimum absolute atomic E-state index is 1.05. The van der Waals surface area contributed by atoms with Crippen LogP contribution in [-0.4, -0.2) is 23.1 Å². The Balaban J connectivity index is 2.68. The van der Waals surface area contributed by atoms with Crippen LogP contribution in [-0.2, 0) is 0 Å². The van der Waals surface area contributed by atoms with Crippen molar-refractivity contribution in [2.24, 2.45) is 0 Å². The molecule has 44 valence electrons. The van der Waals surface area contributed by atoms with Crippen LogP contribution in [0.1, 0.15) is 19.8 Å². The van der Waals surface area contributed by atoms with Crippen molar-refractivity contribution < 1.29 is 4.80 Å². The van der Waals surface area contributed by atoms with Gasteiger partial charge in [-0.15, -0.1) is 0 Å². The second-order valence-corrected chi connectivity index (χ2v) is 8.27. The molecule has 0 heterocycles. The van der Waals surface area contributed by atoms with E-state index in [1.807, 2.05) is 0 Å². The van der Waals surface area contributed by atoms with E-state index in [9.17, 15) is 0 Å². The summed E-state index contributed by atoms with van der Waals surface area (Å²) in [5.74, 6) is 0. The van der Waals surface area contributed by atoms with E-state index in [1.54, 1.807) is 0 Å². The summed E-state index contributed by atoms with van der Waals surface area (Å²) in [6.07, 6.45) is 2.49. The van der Waals surface area contributed by atoms with Gasteiger partial charge in [-0.3, -0.25) is 0 Å². The van der Waals surface area contributed by atoms with Crippen molar-refractivity contribution >= 4 is 18.3 Å². The van der Waals surface area contributed by atoms with Crippen LogP contribution in [0.4, 0.5) is 0 Å². The van der Waals surface area contributed by atoms with Crippen LogP contribution < -0.4 is 0 Å². The summed E-state index contributed by atoms with van der Waals surface area (Å²) >= 11 is 0. The molecule has 0 aliphatic heterocycles. The zero-order chi connectivity index (χ0) is 5.70. The second kappa shape index (κ2) is 4.55. The first-order valence-electron chi connectivity index (χ1n) is 2.95. The predicted molar refractivity (Wildman–Crippen MR) is 39.0 cm³/mol. The third kappa shape index (κ3) is 6.39. The molecule has 0 aromatic heterocycles. The highest BCUT2D eigenvalue weighted by atomic mass is 29.2. The topological polar surface area (TPSA) is 20.2 Å². The van der Waals surface area contributed by atoms with Gasteiger partial charge in [0.25, 0.3) is 0 Å². The van der Waals surface area contributed by atoms with Crippen molar-refractivity contribution in [2.75, 3.05) is 0 Å². The van der Waals surface area contributed by atoms with Gasteiger partial charge < -0.3 is 4.80 Å². The average molecular weight is 134 g/mol. The van der Waals surface area contributed by atoms with E-state index in [2.05, 4.69) is 6.92 Å². The minimum Gasteiger partial charge on any atom is -0.439 e. The van der Waals surface area contributed by atoms with Gasteiger partial charge in [0.05, 0.1) is 0 Å². The molecular weight excluding hydrogens is 120 g/mol. The fourth-order valence-electron chi connectivity index (χ4n) is 0.500. The molecule has 0 bridgehead atoms. The lowest BCUT2D eigenvalue weighted by atomic mass is 10.4. The molecule has 0 aromatic carbocycles. The van der Waals surface area contributed by atoms with E-state index < -0.39 is 8.56 Å². The molecule has 3 heteroatoms. The van der Waals surface area contributed by atoms with Crippen molar-refractivity contribution in [1.29, 1.82) is 0 Å². The van der Waals surface area contributed by atoms with Crippen LogP contribution in [0.2, 0.25) is 6.04 Å². The monoisotopic (exact) mass is 134 g/mol. The highest BCUT2D eigenvalue weighted by Crippen LogP contribution is 1.94. The van der Waals surface area contributed by atoms with Gasteiger partial charge in [-0.2, -0.15) is 0 Å². The van der Waals surface area contributed by atoms with Crippen LogP contribution in [0.25, 0.3) is 0 Å². The number of hydrogen-bond acceptors (Lipinski definition) is 1. The zero-order valence-electron chi connectivity index (χ0n) is 5.15. The molecule has 0 spiro atoms. The van der Waals surface area contributed by atoms with Crippen molar-refractivity contribution in [3.05, 3.63) is 0 Å². The standard InChI is InChI=1S/C4H14OSi2/c1-2-3-4-7(5)6/h5,7H,2-4H2,1,6H3. The quantitative estimate of drug-likeness (QED) is 0.509. The second-order valence-electron chi connectivity index (χ2n) is 1.99. The fraction of sp³-hybridized carbons (Fsp3) is 1.00. The maximum atomic E-state index is 8.88. The maximum absolute atomic E-state index is 8.88. The molecule has 1 N–H and O–H groups in total. The Labute approximate surface area is 49.7 Å². The van der Waals surface area contributed by atoms with Crippen LogP contribution in [0.15, 0.2) is 0 Å². The van der Waals surface area contributed by atoms with Crippen molar-refractivity contribution in [3.63, 3.8) is 0 Å². The van der Waals surface area contributed by atoms with E-state index in [1.165, 1.54) is 12.8 Å². The molecule has 0 fully saturated rings.